The van der Waals surface area contributed by atoms with Crippen molar-refractivity contribution in [1.82, 2.24) is 19.8 Å². The van der Waals surface area contributed by atoms with Gasteiger partial charge in [-0.05, 0) is 68.5 Å². The SMILES string of the molecule is Cc1cc(C)nc(N/C(=N/C(=S)Nc2ccc(C(F)(F)F)cc2)N2CCN(C(=O)c3ccco3)CC2)n1. The molecule has 1 aliphatic heterocycles. The van der Waals surface area contributed by atoms with E-state index in [-0.39, 0.29) is 16.8 Å². The van der Waals surface area contributed by atoms with Crippen LogP contribution in [0.2, 0.25) is 0 Å². The molecule has 13 heteroatoms. The van der Waals surface area contributed by atoms with Gasteiger partial charge in [0.15, 0.2) is 5.76 Å². The summed E-state index contributed by atoms with van der Waals surface area (Å²) in [6, 6.07) is 9.60. The lowest BCUT2D eigenvalue weighted by molar-refractivity contribution is -0.137. The van der Waals surface area contributed by atoms with E-state index in [2.05, 4.69) is 25.6 Å². The molecule has 0 spiro atoms. The molecular weight excluding hydrogens is 507 g/mol. The summed E-state index contributed by atoms with van der Waals surface area (Å²) >= 11 is 5.37. The Labute approximate surface area is 216 Å². The summed E-state index contributed by atoms with van der Waals surface area (Å²) < 4.78 is 43.8. The minimum atomic E-state index is -4.43. The first-order chi connectivity index (χ1) is 17.6. The van der Waals surface area contributed by atoms with Crippen LogP contribution >= 0.6 is 12.2 Å². The second-order valence-corrected chi connectivity index (χ2v) is 8.68. The monoisotopic (exact) mass is 531 g/mol. The van der Waals surface area contributed by atoms with Crippen molar-refractivity contribution in [3.63, 3.8) is 0 Å². The molecule has 0 aliphatic carbocycles. The summed E-state index contributed by atoms with van der Waals surface area (Å²) in [4.78, 5) is 29.4. The van der Waals surface area contributed by atoms with Crippen LogP contribution in [0.25, 0.3) is 0 Å². The molecule has 1 aromatic carbocycles. The number of amides is 1. The summed E-state index contributed by atoms with van der Waals surface area (Å²) in [6.45, 7) is 5.37. The Bertz CT molecular complexity index is 1270. The fraction of sp³-hybridized carbons (Fsp3) is 0.292. The zero-order chi connectivity index (χ0) is 26.6. The number of hydrogen-bond acceptors (Lipinski definition) is 5. The van der Waals surface area contributed by atoms with E-state index in [0.29, 0.717) is 43.8 Å². The number of furan rings is 1. The van der Waals surface area contributed by atoms with Gasteiger partial charge in [0, 0.05) is 43.3 Å². The number of aryl methyl sites for hydroxylation is 2. The molecule has 194 valence electrons. The smallest absolute Gasteiger partial charge is 0.416 e. The van der Waals surface area contributed by atoms with E-state index < -0.39 is 11.7 Å². The van der Waals surface area contributed by atoms with Gasteiger partial charge in [-0.1, -0.05) is 0 Å². The number of aliphatic imine (C=N–C) groups is 1. The molecule has 0 saturated carbocycles. The Morgan fingerprint density at radius 1 is 1.00 bits per heavy atom. The number of halogens is 3. The molecule has 1 saturated heterocycles. The summed E-state index contributed by atoms with van der Waals surface area (Å²) in [6.07, 6.45) is -2.98. The molecule has 3 aromatic rings. The number of piperazine rings is 1. The van der Waals surface area contributed by atoms with Crippen LogP contribution in [-0.2, 0) is 6.18 Å². The van der Waals surface area contributed by atoms with Crippen molar-refractivity contribution in [1.29, 1.82) is 0 Å². The van der Waals surface area contributed by atoms with E-state index in [9.17, 15) is 18.0 Å². The number of benzene rings is 1. The average molecular weight is 532 g/mol. The van der Waals surface area contributed by atoms with Gasteiger partial charge in [-0.25, -0.2) is 9.97 Å². The minimum absolute atomic E-state index is 0.0284. The largest absolute Gasteiger partial charge is 0.459 e. The highest BCUT2D eigenvalue weighted by atomic mass is 32.1. The van der Waals surface area contributed by atoms with E-state index in [0.717, 1.165) is 23.5 Å². The van der Waals surface area contributed by atoms with Gasteiger partial charge in [0.25, 0.3) is 5.91 Å². The fourth-order valence-electron chi connectivity index (χ4n) is 3.73. The van der Waals surface area contributed by atoms with Crippen LogP contribution in [0, 0.1) is 13.8 Å². The van der Waals surface area contributed by atoms with Crippen molar-refractivity contribution in [2.75, 3.05) is 36.8 Å². The average Bonchev–Trinajstić information content (AvgIpc) is 3.37. The number of carbonyl (C=O) groups excluding carboxylic acids is 1. The first-order valence-electron chi connectivity index (χ1n) is 11.3. The van der Waals surface area contributed by atoms with Crippen molar-refractivity contribution in [2.24, 2.45) is 4.99 Å². The number of rotatable bonds is 3. The molecule has 9 nitrogen and oxygen atoms in total. The minimum Gasteiger partial charge on any atom is -0.459 e. The Morgan fingerprint density at radius 2 is 1.62 bits per heavy atom. The number of hydrogen-bond donors (Lipinski definition) is 2. The van der Waals surface area contributed by atoms with Crippen molar-refractivity contribution in [3.05, 3.63) is 71.4 Å². The van der Waals surface area contributed by atoms with E-state index in [1.54, 1.807) is 17.0 Å². The maximum atomic E-state index is 12.9. The maximum absolute atomic E-state index is 12.9. The van der Waals surface area contributed by atoms with Gasteiger partial charge in [0.2, 0.25) is 17.0 Å². The number of thiocarbonyl (C=S) groups is 1. The van der Waals surface area contributed by atoms with E-state index in [4.69, 9.17) is 16.6 Å². The Kier molecular flexibility index (Phi) is 7.71. The lowest BCUT2D eigenvalue weighted by atomic mass is 10.2. The predicted molar refractivity (Wildman–Crippen MR) is 136 cm³/mol. The summed E-state index contributed by atoms with van der Waals surface area (Å²) in [5, 5.41) is 5.97. The number of aromatic nitrogens is 2. The number of guanidine groups is 1. The molecule has 2 N–H and O–H groups in total. The molecule has 0 atom stereocenters. The number of alkyl halides is 3. The molecule has 0 bridgehead atoms. The topological polar surface area (TPSA) is 98.9 Å². The van der Waals surface area contributed by atoms with Crippen LogP contribution in [0.3, 0.4) is 0 Å². The lowest BCUT2D eigenvalue weighted by Crippen LogP contribution is -2.52. The molecule has 1 fully saturated rings. The molecule has 1 aliphatic rings. The molecular formula is C24H24F3N7O2S. The summed E-state index contributed by atoms with van der Waals surface area (Å²) in [5.74, 6) is 0.737. The number of anilines is 2. The molecule has 0 radical (unpaired) electrons. The number of nitrogens with zero attached hydrogens (tertiary/aromatic N) is 5. The second kappa shape index (κ2) is 10.9. The van der Waals surface area contributed by atoms with Crippen LogP contribution in [-0.4, -0.2) is 62.9 Å². The van der Waals surface area contributed by atoms with Crippen LogP contribution < -0.4 is 10.6 Å². The number of carbonyl (C=O) groups is 1. The lowest BCUT2D eigenvalue weighted by Gasteiger charge is -2.36. The van der Waals surface area contributed by atoms with E-state index >= 15 is 0 Å². The fourth-order valence-corrected chi connectivity index (χ4v) is 3.93. The molecule has 3 heterocycles. The first kappa shape index (κ1) is 26.1. The van der Waals surface area contributed by atoms with Gasteiger partial charge >= 0.3 is 6.18 Å². The van der Waals surface area contributed by atoms with Crippen molar-refractivity contribution >= 4 is 40.8 Å². The van der Waals surface area contributed by atoms with Crippen LogP contribution in [0.1, 0.15) is 27.5 Å². The molecule has 4 rings (SSSR count). The normalized spacial score (nSPS) is 14.5. The quantitative estimate of drug-likeness (QED) is 0.293. The Balaban J connectivity index is 1.50. The predicted octanol–water partition coefficient (Wildman–Crippen LogP) is 4.33. The van der Waals surface area contributed by atoms with Gasteiger partial charge in [-0.3, -0.25) is 10.1 Å². The first-order valence-corrected chi connectivity index (χ1v) is 11.7. The summed E-state index contributed by atoms with van der Waals surface area (Å²) in [7, 11) is 0. The van der Waals surface area contributed by atoms with Crippen LogP contribution in [0.4, 0.5) is 24.8 Å². The molecule has 37 heavy (non-hydrogen) atoms. The van der Waals surface area contributed by atoms with Gasteiger partial charge in [0.1, 0.15) is 0 Å². The van der Waals surface area contributed by atoms with Crippen LogP contribution in [0.5, 0.6) is 0 Å². The third-order valence-electron chi connectivity index (χ3n) is 5.48. The molecule has 1 amide bonds. The zero-order valence-corrected chi connectivity index (χ0v) is 20.9. The van der Waals surface area contributed by atoms with Gasteiger partial charge in [-0.2, -0.15) is 18.2 Å². The van der Waals surface area contributed by atoms with Gasteiger partial charge < -0.3 is 19.5 Å². The van der Waals surface area contributed by atoms with E-state index in [1.807, 2.05) is 24.8 Å². The third kappa shape index (κ3) is 6.82. The zero-order valence-electron chi connectivity index (χ0n) is 20.0. The highest BCUT2D eigenvalue weighted by Crippen LogP contribution is 2.29. The third-order valence-corrected chi connectivity index (χ3v) is 5.67. The van der Waals surface area contributed by atoms with Crippen molar-refractivity contribution < 1.29 is 22.4 Å². The van der Waals surface area contributed by atoms with Crippen LogP contribution in [0.15, 0.2) is 58.1 Å². The van der Waals surface area contributed by atoms with Crippen molar-refractivity contribution in [3.8, 4) is 0 Å². The highest BCUT2D eigenvalue weighted by Gasteiger charge is 2.30. The van der Waals surface area contributed by atoms with Crippen molar-refractivity contribution in [2.45, 2.75) is 20.0 Å². The highest BCUT2D eigenvalue weighted by molar-refractivity contribution is 7.80. The van der Waals surface area contributed by atoms with Gasteiger partial charge in [-0.15, -0.1) is 0 Å². The Morgan fingerprint density at radius 3 is 2.19 bits per heavy atom. The number of nitrogens with one attached hydrogen (secondary N) is 2. The second-order valence-electron chi connectivity index (χ2n) is 8.30. The van der Waals surface area contributed by atoms with E-state index in [1.165, 1.54) is 18.4 Å². The van der Waals surface area contributed by atoms with Gasteiger partial charge in [0.05, 0.1) is 11.8 Å². The Hall–Kier alpha value is -4.00. The summed E-state index contributed by atoms with van der Waals surface area (Å²) in [5.41, 5.74) is 1.11. The maximum Gasteiger partial charge on any atom is 0.416 e. The molecule has 2 aromatic heterocycles. The molecule has 0 unspecified atom stereocenters. The standard InChI is InChI=1S/C24H24F3N7O2S/c1-15-14-16(2)29-21(28-15)31-22(32-23(37)30-18-7-5-17(6-8-18)24(25,26)27)34-11-9-33(10-12-34)20(35)19-4-3-13-36-19/h3-8,13-14H,9-12H2,1-2H3,(H2,28,29,30,31,32,37).